The van der Waals surface area contributed by atoms with Crippen LogP contribution in [0.2, 0.25) is 0 Å². The molecule has 1 aromatic heterocycles. The molecule has 2 amide bonds. The SMILES string of the molecule is CCOC(=O)CC1(NC(=O)NCc2cccn2Cc2ccccc2C)CCCCC1. The summed E-state index contributed by atoms with van der Waals surface area (Å²) in [4.78, 5) is 24.8. The Morgan fingerprint density at radius 1 is 1.10 bits per heavy atom. The van der Waals surface area contributed by atoms with Gasteiger partial charge in [-0.25, -0.2) is 4.79 Å². The largest absolute Gasteiger partial charge is 0.466 e. The lowest BCUT2D eigenvalue weighted by Gasteiger charge is -2.37. The molecule has 0 aliphatic heterocycles. The van der Waals surface area contributed by atoms with E-state index in [1.54, 1.807) is 6.92 Å². The second-order valence-corrected chi connectivity index (χ2v) is 8.18. The lowest BCUT2D eigenvalue weighted by molar-refractivity contribution is -0.145. The van der Waals surface area contributed by atoms with Gasteiger partial charge in [0.15, 0.2) is 0 Å². The molecule has 6 nitrogen and oxygen atoms in total. The van der Waals surface area contributed by atoms with Gasteiger partial charge in [-0.3, -0.25) is 4.79 Å². The highest BCUT2D eigenvalue weighted by atomic mass is 16.5. The first-order valence-electron chi connectivity index (χ1n) is 10.9. The minimum absolute atomic E-state index is 0.232. The van der Waals surface area contributed by atoms with Crippen LogP contribution < -0.4 is 10.6 Å². The van der Waals surface area contributed by atoms with E-state index in [-0.39, 0.29) is 18.4 Å². The number of hydrogen-bond acceptors (Lipinski definition) is 3. The van der Waals surface area contributed by atoms with Gasteiger partial charge < -0.3 is 19.9 Å². The first-order chi connectivity index (χ1) is 14.5. The van der Waals surface area contributed by atoms with Crippen molar-refractivity contribution in [1.82, 2.24) is 15.2 Å². The molecule has 2 N–H and O–H groups in total. The van der Waals surface area contributed by atoms with E-state index in [4.69, 9.17) is 4.74 Å². The van der Waals surface area contributed by atoms with E-state index in [1.165, 1.54) is 11.1 Å². The number of nitrogens with one attached hydrogen (secondary N) is 2. The predicted molar refractivity (Wildman–Crippen MR) is 117 cm³/mol. The summed E-state index contributed by atoms with van der Waals surface area (Å²) in [6, 6.07) is 12.1. The van der Waals surface area contributed by atoms with Crippen molar-refractivity contribution in [1.29, 1.82) is 0 Å². The Kier molecular flexibility index (Phi) is 7.55. The highest BCUT2D eigenvalue weighted by molar-refractivity contribution is 5.77. The first kappa shape index (κ1) is 21.9. The zero-order chi connectivity index (χ0) is 21.4. The normalized spacial score (nSPS) is 15.4. The standard InChI is InChI=1S/C24H33N3O3/c1-3-30-22(28)16-24(13-7-4-8-14-24)26-23(29)25-17-21-12-9-15-27(21)18-20-11-6-5-10-19(20)2/h5-6,9-12,15H,3-4,7-8,13-14,16-18H2,1-2H3,(H2,25,26,29). The van der Waals surface area contributed by atoms with E-state index < -0.39 is 5.54 Å². The molecule has 1 fully saturated rings. The van der Waals surface area contributed by atoms with Gasteiger partial charge in [-0.05, 0) is 49.9 Å². The maximum Gasteiger partial charge on any atom is 0.315 e. The van der Waals surface area contributed by atoms with Crippen molar-refractivity contribution in [2.24, 2.45) is 0 Å². The number of benzene rings is 1. The molecule has 0 radical (unpaired) electrons. The molecular weight excluding hydrogens is 378 g/mol. The Labute approximate surface area is 179 Å². The van der Waals surface area contributed by atoms with Crippen LogP contribution >= 0.6 is 0 Å². The average Bonchev–Trinajstić information content (AvgIpc) is 3.16. The molecule has 1 aliphatic carbocycles. The summed E-state index contributed by atoms with van der Waals surface area (Å²) in [6.07, 6.45) is 7.05. The van der Waals surface area contributed by atoms with Crippen LogP contribution in [0.4, 0.5) is 4.79 Å². The number of esters is 1. The zero-order valence-corrected chi connectivity index (χ0v) is 18.1. The van der Waals surface area contributed by atoms with E-state index >= 15 is 0 Å². The Morgan fingerprint density at radius 2 is 1.87 bits per heavy atom. The van der Waals surface area contributed by atoms with Crippen LogP contribution in [0.25, 0.3) is 0 Å². The van der Waals surface area contributed by atoms with Gasteiger partial charge in [0.1, 0.15) is 0 Å². The van der Waals surface area contributed by atoms with Gasteiger partial charge in [-0.2, -0.15) is 0 Å². The number of nitrogens with zero attached hydrogens (tertiary/aromatic N) is 1. The van der Waals surface area contributed by atoms with Crippen molar-refractivity contribution in [3.8, 4) is 0 Å². The van der Waals surface area contributed by atoms with Crippen molar-refractivity contribution >= 4 is 12.0 Å². The van der Waals surface area contributed by atoms with Crippen LogP contribution in [0.1, 0.15) is 62.3 Å². The first-order valence-corrected chi connectivity index (χ1v) is 10.9. The molecule has 0 bridgehead atoms. The van der Waals surface area contributed by atoms with Crippen LogP contribution in [0.5, 0.6) is 0 Å². The molecule has 1 saturated carbocycles. The maximum absolute atomic E-state index is 12.7. The zero-order valence-electron chi connectivity index (χ0n) is 18.1. The van der Waals surface area contributed by atoms with Crippen LogP contribution in [0.3, 0.4) is 0 Å². The highest BCUT2D eigenvalue weighted by Gasteiger charge is 2.36. The van der Waals surface area contributed by atoms with Gasteiger partial charge in [0.05, 0.1) is 25.1 Å². The van der Waals surface area contributed by atoms with Crippen molar-refractivity contribution in [2.45, 2.75) is 71.0 Å². The third-order valence-corrected chi connectivity index (χ3v) is 5.93. The topological polar surface area (TPSA) is 72.4 Å². The smallest absolute Gasteiger partial charge is 0.315 e. The van der Waals surface area contributed by atoms with Gasteiger partial charge in [0.2, 0.25) is 0 Å². The molecule has 0 atom stereocenters. The third kappa shape index (κ3) is 5.88. The Hall–Kier alpha value is -2.76. The van der Waals surface area contributed by atoms with Crippen molar-refractivity contribution in [3.05, 3.63) is 59.4 Å². The Balaban J connectivity index is 1.59. The fourth-order valence-electron chi connectivity index (χ4n) is 4.25. The average molecular weight is 412 g/mol. The van der Waals surface area contributed by atoms with Gasteiger partial charge in [0, 0.05) is 18.4 Å². The number of rotatable bonds is 8. The van der Waals surface area contributed by atoms with Crippen molar-refractivity contribution in [2.75, 3.05) is 6.61 Å². The summed E-state index contributed by atoms with van der Waals surface area (Å²) in [6.45, 7) is 5.47. The summed E-state index contributed by atoms with van der Waals surface area (Å²) in [5.74, 6) is -0.244. The number of aryl methyl sites for hydroxylation is 1. The van der Waals surface area contributed by atoms with E-state index in [0.29, 0.717) is 13.2 Å². The summed E-state index contributed by atoms with van der Waals surface area (Å²) in [7, 11) is 0. The minimum atomic E-state index is -0.502. The monoisotopic (exact) mass is 411 g/mol. The number of carbonyl (C=O) groups is 2. The molecular formula is C24H33N3O3. The lowest BCUT2D eigenvalue weighted by Crippen LogP contribution is -2.54. The minimum Gasteiger partial charge on any atom is -0.466 e. The van der Waals surface area contributed by atoms with Crippen LogP contribution in [-0.4, -0.2) is 28.7 Å². The lowest BCUT2D eigenvalue weighted by atomic mass is 9.79. The number of hydrogen-bond donors (Lipinski definition) is 2. The van der Waals surface area contributed by atoms with Crippen LogP contribution in [0.15, 0.2) is 42.6 Å². The Morgan fingerprint density at radius 3 is 2.60 bits per heavy atom. The summed E-state index contributed by atoms with van der Waals surface area (Å²) >= 11 is 0. The molecule has 1 heterocycles. The molecule has 0 unspecified atom stereocenters. The fraction of sp³-hybridized carbons (Fsp3) is 0.500. The molecule has 0 spiro atoms. The number of amides is 2. The second-order valence-electron chi connectivity index (χ2n) is 8.18. The number of carbonyl (C=O) groups excluding carboxylic acids is 2. The molecule has 30 heavy (non-hydrogen) atoms. The van der Waals surface area contributed by atoms with Gasteiger partial charge >= 0.3 is 12.0 Å². The number of urea groups is 1. The summed E-state index contributed by atoms with van der Waals surface area (Å²) in [5, 5.41) is 6.08. The highest BCUT2D eigenvalue weighted by Crippen LogP contribution is 2.31. The van der Waals surface area contributed by atoms with Crippen LogP contribution in [0, 0.1) is 6.92 Å². The molecule has 2 aromatic rings. The second kappa shape index (κ2) is 10.3. The van der Waals surface area contributed by atoms with E-state index in [1.807, 2.05) is 30.5 Å². The fourth-order valence-corrected chi connectivity index (χ4v) is 4.25. The third-order valence-electron chi connectivity index (χ3n) is 5.93. The molecule has 1 aromatic carbocycles. The summed E-state index contributed by atoms with van der Waals surface area (Å²) < 4.78 is 7.29. The number of aromatic nitrogens is 1. The summed E-state index contributed by atoms with van der Waals surface area (Å²) in [5.41, 5.74) is 3.05. The molecule has 1 aliphatic rings. The van der Waals surface area contributed by atoms with Gasteiger partial charge in [0.25, 0.3) is 0 Å². The maximum atomic E-state index is 12.7. The van der Waals surface area contributed by atoms with Gasteiger partial charge in [-0.15, -0.1) is 0 Å². The van der Waals surface area contributed by atoms with E-state index in [0.717, 1.165) is 44.3 Å². The molecule has 162 valence electrons. The molecule has 6 heteroatoms. The molecule has 3 rings (SSSR count). The van der Waals surface area contributed by atoms with Gasteiger partial charge in [-0.1, -0.05) is 43.5 Å². The number of ether oxygens (including phenoxy) is 1. The predicted octanol–water partition coefficient (Wildman–Crippen LogP) is 4.30. The Bertz CT molecular complexity index is 853. The van der Waals surface area contributed by atoms with Crippen molar-refractivity contribution in [3.63, 3.8) is 0 Å². The van der Waals surface area contributed by atoms with E-state index in [9.17, 15) is 9.59 Å². The molecule has 0 saturated heterocycles. The van der Waals surface area contributed by atoms with Crippen LogP contribution in [-0.2, 0) is 22.6 Å². The quantitative estimate of drug-likeness (QED) is 0.636. The van der Waals surface area contributed by atoms with Crippen molar-refractivity contribution < 1.29 is 14.3 Å². The van der Waals surface area contributed by atoms with E-state index in [2.05, 4.69) is 34.3 Å².